The zero-order chi connectivity index (χ0) is 12.8. The van der Waals surface area contributed by atoms with Crippen molar-refractivity contribution in [2.45, 2.75) is 31.3 Å². The molecule has 4 heteroatoms. The minimum Gasteiger partial charge on any atom is -0.485 e. The Labute approximate surface area is 106 Å². The van der Waals surface area contributed by atoms with Gasteiger partial charge in [0.2, 0.25) is 0 Å². The molecular weight excluding hydrogens is 232 g/mol. The van der Waals surface area contributed by atoms with E-state index >= 15 is 0 Å². The molecule has 0 atom stereocenters. The molecule has 1 N–H and O–H groups in total. The first-order chi connectivity index (χ1) is 8.62. The molecular formula is C14H16O4. The third-order valence-electron chi connectivity index (χ3n) is 3.71. The van der Waals surface area contributed by atoms with Crippen molar-refractivity contribution in [3.05, 3.63) is 29.3 Å². The predicted octanol–water partition coefficient (Wildman–Crippen LogP) is 1.89. The Morgan fingerprint density at radius 3 is 2.67 bits per heavy atom. The number of carbonyl (C=O) groups is 1. The summed E-state index contributed by atoms with van der Waals surface area (Å²) in [5, 5.41) is 9.40. The van der Waals surface area contributed by atoms with E-state index in [9.17, 15) is 9.90 Å². The SMILES string of the molecule is Cc1ccc(OC2COC2)c(C2(C(=O)O)CC2)c1. The molecule has 0 spiro atoms. The van der Waals surface area contributed by atoms with Crippen LogP contribution in [0.2, 0.25) is 0 Å². The molecule has 1 aromatic carbocycles. The van der Waals surface area contributed by atoms with E-state index in [1.165, 1.54) is 0 Å². The van der Waals surface area contributed by atoms with E-state index in [0.29, 0.717) is 31.8 Å². The topological polar surface area (TPSA) is 55.8 Å². The summed E-state index contributed by atoms with van der Waals surface area (Å²) in [7, 11) is 0. The minimum atomic E-state index is -0.747. The van der Waals surface area contributed by atoms with Gasteiger partial charge in [0.1, 0.15) is 11.9 Å². The second-order valence-corrected chi connectivity index (χ2v) is 5.16. The van der Waals surface area contributed by atoms with Crippen LogP contribution in [0.25, 0.3) is 0 Å². The number of aliphatic carboxylic acids is 1. The van der Waals surface area contributed by atoms with Gasteiger partial charge in [0.25, 0.3) is 0 Å². The Morgan fingerprint density at radius 2 is 2.17 bits per heavy atom. The van der Waals surface area contributed by atoms with E-state index in [1.54, 1.807) is 0 Å². The lowest BCUT2D eigenvalue weighted by molar-refractivity contribution is -0.140. The van der Waals surface area contributed by atoms with Crippen molar-refractivity contribution < 1.29 is 19.4 Å². The number of hydrogen-bond donors (Lipinski definition) is 1. The summed E-state index contributed by atoms with van der Waals surface area (Å²) in [6, 6.07) is 5.78. The zero-order valence-corrected chi connectivity index (χ0v) is 10.3. The van der Waals surface area contributed by atoms with Crippen molar-refractivity contribution in [1.82, 2.24) is 0 Å². The van der Waals surface area contributed by atoms with Crippen LogP contribution >= 0.6 is 0 Å². The van der Waals surface area contributed by atoms with E-state index in [0.717, 1.165) is 11.1 Å². The largest absolute Gasteiger partial charge is 0.485 e. The highest BCUT2D eigenvalue weighted by Gasteiger charge is 2.53. The van der Waals surface area contributed by atoms with Gasteiger partial charge in [-0.3, -0.25) is 4.79 Å². The molecule has 18 heavy (non-hydrogen) atoms. The van der Waals surface area contributed by atoms with Gasteiger partial charge in [-0.2, -0.15) is 0 Å². The molecule has 0 unspecified atom stereocenters. The lowest BCUT2D eigenvalue weighted by Gasteiger charge is -2.28. The highest BCUT2D eigenvalue weighted by atomic mass is 16.6. The third kappa shape index (κ3) is 1.77. The lowest BCUT2D eigenvalue weighted by Crippen LogP contribution is -2.39. The van der Waals surface area contributed by atoms with Gasteiger partial charge in [-0.15, -0.1) is 0 Å². The molecule has 4 nitrogen and oxygen atoms in total. The third-order valence-corrected chi connectivity index (χ3v) is 3.71. The van der Waals surface area contributed by atoms with Gasteiger partial charge in [-0.05, 0) is 25.8 Å². The van der Waals surface area contributed by atoms with Crippen LogP contribution in [0.5, 0.6) is 5.75 Å². The molecule has 2 fully saturated rings. The molecule has 0 amide bonds. The van der Waals surface area contributed by atoms with Crippen molar-refractivity contribution >= 4 is 5.97 Å². The van der Waals surface area contributed by atoms with E-state index in [2.05, 4.69) is 0 Å². The molecule has 1 heterocycles. The average Bonchev–Trinajstić information content (AvgIpc) is 3.06. The van der Waals surface area contributed by atoms with E-state index < -0.39 is 11.4 Å². The molecule has 96 valence electrons. The quantitative estimate of drug-likeness (QED) is 0.884. The highest BCUT2D eigenvalue weighted by molar-refractivity contribution is 5.86. The summed E-state index contributed by atoms with van der Waals surface area (Å²) < 4.78 is 10.9. The summed E-state index contributed by atoms with van der Waals surface area (Å²) in [6.07, 6.45) is 1.46. The van der Waals surface area contributed by atoms with Crippen molar-refractivity contribution in [2.75, 3.05) is 13.2 Å². The van der Waals surface area contributed by atoms with Gasteiger partial charge in [-0.1, -0.05) is 17.7 Å². The fourth-order valence-corrected chi connectivity index (χ4v) is 2.31. The molecule has 1 aliphatic carbocycles. The predicted molar refractivity (Wildman–Crippen MR) is 65.0 cm³/mol. The first kappa shape index (κ1) is 11.5. The van der Waals surface area contributed by atoms with Crippen LogP contribution in [-0.2, 0) is 14.9 Å². The summed E-state index contributed by atoms with van der Waals surface area (Å²) in [6.45, 7) is 3.15. The van der Waals surface area contributed by atoms with Crippen LogP contribution in [0, 0.1) is 6.92 Å². The Hall–Kier alpha value is -1.55. The first-order valence-corrected chi connectivity index (χ1v) is 6.21. The average molecular weight is 248 g/mol. The van der Waals surface area contributed by atoms with E-state index in [4.69, 9.17) is 9.47 Å². The maximum absolute atomic E-state index is 11.4. The van der Waals surface area contributed by atoms with Crippen molar-refractivity contribution in [3.63, 3.8) is 0 Å². The Morgan fingerprint density at radius 1 is 1.44 bits per heavy atom. The van der Waals surface area contributed by atoms with E-state index in [1.807, 2.05) is 25.1 Å². The standard InChI is InChI=1S/C14H16O4/c1-9-2-3-12(18-10-7-17-8-10)11(6-9)14(4-5-14)13(15)16/h2-3,6,10H,4-5,7-8H2,1H3,(H,15,16). The van der Waals surface area contributed by atoms with Gasteiger partial charge >= 0.3 is 5.97 Å². The zero-order valence-electron chi connectivity index (χ0n) is 10.3. The monoisotopic (exact) mass is 248 g/mol. The minimum absolute atomic E-state index is 0.0658. The molecule has 1 saturated heterocycles. The van der Waals surface area contributed by atoms with Gasteiger partial charge < -0.3 is 14.6 Å². The number of carboxylic acid groups (broad SMARTS) is 1. The van der Waals surface area contributed by atoms with Crippen LogP contribution in [-0.4, -0.2) is 30.4 Å². The molecule has 0 radical (unpaired) electrons. The fraction of sp³-hybridized carbons (Fsp3) is 0.500. The van der Waals surface area contributed by atoms with Crippen molar-refractivity contribution in [1.29, 1.82) is 0 Å². The number of ether oxygens (including phenoxy) is 2. The molecule has 0 aromatic heterocycles. The van der Waals surface area contributed by atoms with Crippen molar-refractivity contribution in [3.8, 4) is 5.75 Å². The molecule has 3 rings (SSSR count). The van der Waals surface area contributed by atoms with Crippen LogP contribution in [0.3, 0.4) is 0 Å². The Balaban J connectivity index is 1.95. The maximum Gasteiger partial charge on any atom is 0.314 e. The van der Waals surface area contributed by atoms with Crippen LogP contribution in [0.15, 0.2) is 18.2 Å². The number of benzene rings is 1. The van der Waals surface area contributed by atoms with Gasteiger partial charge in [-0.25, -0.2) is 0 Å². The second kappa shape index (κ2) is 3.99. The number of aryl methyl sites for hydroxylation is 1. The molecule has 1 saturated carbocycles. The fourth-order valence-electron chi connectivity index (χ4n) is 2.31. The van der Waals surface area contributed by atoms with Crippen LogP contribution < -0.4 is 4.74 Å². The lowest BCUT2D eigenvalue weighted by atomic mass is 9.93. The summed E-state index contributed by atoms with van der Waals surface area (Å²) in [5.74, 6) is -0.0448. The summed E-state index contributed by atoms with van der Waals surface area (Å²) >= 11 is 0. The second-order valence-electron chi connectivity index (χ2n) is 5.16. The number of carboxylic acids is 1. The summed E-state index contributed by atoms with van der Waals surface area (Å²) in [4.78, 5) is 11.4. The number of rotatable bonds is 4. The summed E-state index contributed by atoms with van der Waals surface area (Å²) in [5.41, 5.74) is 1.17. The number of hydrogen-bond acceptors (Lipinski definition) is 3. The van der Waals surface area contributed by atoms with Gasteiger partial charge in [0, 0.05) is 5.56 Å². The van der Waals surface area contributed by atoms with Gasteiger partial charge in [0.05, 0.1) is 18.6 Å². The Kier molecular flexibility index (Phi) is 2.55. The molecule has 0 bridgehead atoms. The molecule has 2 aliphatic rings. The Bertz CT molecular complexity index is 487. The normalized spacial score (nSPS) is 21.2. The smallest absolute Gasteiger partial charge is 0.314 e. The highest BCUT2D eigenvalue weighted by Crippen LogP contribution is 2.52. The van der Waals surface area contributed by atoms with E-state index in [-0.39, 0.29) is 6.10 Å². The van der Waals surface area contributed by atoms with Crippen molar-refractivity contribution in [2.24, 2.45) is 0 Å². The maximum atomic E-state index is 11.4. The molecule has 1 aromatic rings. The van der Waals surface area contributed by atoms with Crippen LogP contribution in [0.4, 0.5) is 0 Å². The van der Waals surface area contributed by atoms with Crippen LogP contribution in [0.1, 0.15) is 24.0 Å². The molecule has 1 aliphatic heterocycles. The van der Waals surface area contributed by atoms with Gasteiger partial charge in [0.15, 0.2) is 0 Å². The first-order valence-electron chi connectivity index (χ1n) is 6.21.